The quantitative estimate of drug-likeness (QED) is 0.149. The standard InChI is InChI=1S/C62H42N4.Pt/c1-64-41-65(58-33-15-14-32-57(58)64)47-23-16-22-45(39-47)62(54-29-11-8-24-50(54)51-25-9-12-30-55(51)62)46-34-35-53-52-26-10-13-31-56(52)66(59(53)40-46)60-38-44(36-37-63-60)61-48(42-18-4-2-5-19-42)27-17-28-49(61)43-20-6-3-7-21-43;/h2-38H,41H2,1H3;/q-2;+2. The normalized spacial score (nSPS) is 13.3. The molecule has 0 atom stereocenters. The van der Waals surface area contributed by atoms with Gasteiger partial charge in [-0.05, 0) is 91.4 Å². The van der Waals surface area contributed by atoms with Gasteiger partial charge in [0.1, 0.15) is 5.82 Å². The average Bonchev–Trinajstić information content (AvgIpc) is 4.02. The summed E-state index contributed by atoms with van der Waals surface area (Å²) in [5.41, 5.74) is 18.8. The minimum atomic E-state index is -0.724. The molecule has 1 aliphatic heterocycles. The topological polar surface area (TPSA) is 24.3 Å². The predicted molar refractivity (Wildman–Crippen MR) is 272 cm³/mol. The molecule has 0 bridgehead atoms. The van der Waals surface area contributed by atoms with Crippen LogP contribution in [-0.4, -0.2) is 23.3 Å². The zero-order valence-electron chi connectivity index (χ0n) is 36.7. The summed E-state index contributed by atoms with van der Waals surface area (Å²) in [5, 5.41) is 2.28. The molecule has 0 spiro atoms. The van der Waals surface area contributed by atoms with Crippen LogP contribution in [0.25, 0.3) is 72.1 Å². The van der Waals surface area contributed by atoms with Crippen molar-refractivity contribution in [1.29, 1.82) is 0 Å². The zero-order chi connectivity index (χ0) is 43.8. The number of pyridine rings is 1. The molecule has 5 heteroatoms. The molecule has 2 aliphatic rings. The average molecular weight is 1040 g/mol. The number of aromatic nitrogens is 2. The van der Waals surface area contributed by atoms with Crippen molar-refractivity contribution in [2.24, 2.45) is 0 Å². The van der Waals surface area contributed by atoms with E-state index in [9.17, 15) is 0 Å². The van der Waals surface area contributed by atoms with Crippen molar-refractivity contribution in [3.8, 4) is 50.3 Å². The van der Waals surface area contributed by atoms with Crippen LogP contribution in [0, 0.1) is 12.1 Å². The van der Waals surface area contributed by atoms with Gasteiger partial charge in [0.25, 0.3) is 0 Å². The SMILES string of the molecule is CN1CN(c2[c-]c(C3(c4[c-]c5c(cc4)c4ccccc4n5-c4cc(-c5c(-c6ccccc6)cccc5-c5ccccc5)ccn4)c4ccccc4-c4ccccc43)ccc2)c2ccccc21.[Pt+2]. The fourth-order valence-electron chi connectivity index (χ4n) is 11.0. The summed E-state index contributed by atoms with van der Waals surface area (Å²) in [7, 11) is 2.16. The fourth-order valence-corrected chi connectivity index (χ4v) is 11.0. The number of fused-ring (bicyclic) bond motifs is 7. The zero-order valence-corrected chi connectivity index (χ0v) is 38.9. The molecule has 13 rings (SSSR count). The molecule has 0 saturated heterocycles. The van der Waals surface area contributed by atoms with Gasteiger partial charge in [-0.15, -0.1) is 22.6 Å². The first-order valence-corrected chi connectivity index (χ1v) is 22.6. The Labute approximate surface area is 405 Å². The van der Waals surface area contributed by atoms with E-state index in [4.69, 9.17) is 4.98 Å². The Kier molecular flexibility index (Phi) is 9.89. The Morgan fingerprint density at radius 1 is 0.478 bits per heavy atom. The minimum absolute atomic E-state index is 0. The third-order valence-corrected chi connectivity index (χ3v) is 13.8. The molecule has 0 saturated carbocycles. The van der Waals surface area contributed by atoms with Gasteiger partial charge in [-0.3, -0.25) is 0 Å². The van der Waals surface area contributed by atoms with E-state index >= 15 is 0 Å². The Morgan fingerprint density at radius 3 is 1.78 bits per heavy atom. The Hall–Kier alpha value is -7.78. The van der Waals surface area contributed by atoms with E-state index in [-0.39, 0.29) is 21.1 Å². The van der Waals surface area contributed by atoms with Crippen molar-refractivity contribution >= 4 is 38.9 Å². The summed E-state index contributed by atoms with van der Waals surface area (Å²) in [6.45, 7) is 0.742. The number of anilines is 3. The summed E-state index contributed by atoms with van der Waals surface area (Å²) >= 11 is 0. The van der Waals surface area contributed by atoms with Crippen molar-refractivity contribution in [3.05, 3.63) is 259 Å². The van der Waals surface area contributed by atoms with Crippen LogP contribution in [0.4, 0.5) is 17.1 Å². The number of para-hydroxylation sites is 3. The molecule has 4 nitrogen and oxygen atoms in total. The van der Waals surface area contributed by atoms with E-state index in [0.717, 1.165) is 56.7 Å². The van der Waals surface area contributed by atoms with Crippen LogP contribution in [-0.2, 0) is 26.5 Å². The molecule has 0 fully saturated rings. The van der Waals surface area contributed by atoms with Crippen LogP contribution >= 0.6 is 0 Å². The van der Waals surface area contributed by atoms with Crippen molar-refractivity contribution < 1.29 is 21.1 Å². The van der Waals surface area contributed by atoms with E-state index in [1.165, 1.54) is 61.4 Å². The molecule has 11 aromatic rings. The Bertz CT molecular complexity index is 3570. The molecule has 9 aromatic carbocycles. The van der Waals surface area contributed by atoms with Gasteiger partial charge in [0.05, 0.1) is 18.0 Å². The second kappa shape index (κ2) is 16.3. The molecule has 0 N–H and O–H groups in total. The summed E-state index contributed by atoms with van der Waals surface area (Å²) in [5.74, 6) is 0.834. The molecule has 1 aliphatic carbocycles. The van der Waals surface area contributed by atoms with Gasteiger partial charge in [-0.2, -0.15) is 36.4 Å². The molecule has 3 heterocycles. The number of hydrogen-bond acceptors (Lipinski definition) is 3. The molecular weight excluding hydrogens is 996 g/mol. The number of benzene rings is 9. The fraction of sp³-hybridized carbons (Fsp3) is 0.0484. The maximum Gasteiger partial charge on any atom is 2.00 e. The maximum atomic E-state index is 5.19. The third-order valence-electron chi connectivity index (χ3n) is 13.8. The van der Waals surface area contributed by atoms with Crippen LogP contribution < -0.4 is 9.80 Å². The van der Waals surface area contributed by atoms with Gasteiger partial charge in [0.2, 0.25) is 0 Å². The van der Waals surface area contributed by atoms with Crippen LogP contribution in [0.1, 0.15) is 22.3 Å². The van der Waals surface area contributed by atoms with E-state index < -0.39 is 5.41 Å². The molecule has 320 valence electrons. The Morgan fingerprint density at radius 2 is 1.06 bits per heavy atom. The Balaban J connectivity index is 0.00000468. The van der Waals surface area contributed by atoms with Crippen LogP contribution in [0.3, 0.4) is 0 Å². The van der Waals surface area contributed by atoms with Gasteiger partial charge < -0.3 is 14.4 Å². The van der Waals surface area contributed by atoms with E-state index in [1.807, 2.05) is 6.20 Å². The maximum absolute atomic E-state index is 5.19. The van der Waals surface area contributed by atoms with Crippen molar-refractivity contribution in [1.82, 2.24) is 9.55 Å². The van der Waals surface area contributed by atoms with Gasteiger partial charge in [0, 0.05) is 24.2 Å². The molecule has 0 amide bonds. The second-order valence-electron chi connectivity index (χ2n) is 17.4. The molecule has 2 aromatic heterocycles. The summed E-state index contributed by atoms with van der Waals surface area (Å²) in [4.78, 5) is 9.88. The minimum Gasteiger partial charge on any atom is -0.355 e. The van der Waals surface area contributed by atoms with E-state index in [1.54, 1.807) is 0 Å². The van der Waals surface area contributed by atoms with E-state index in [0.29, 0.717) is 0 Å². The number of rotatable bonds is 7. The van der Waals surface area contributed by atoms with Gasteiger partial charge in [-0.1, -0.05) is 169 Å². The smallest absolute Gasteiger partial charge is 0.355 e. The first-order chi connectivity index (χ1) is 32.7. The van der Waals surface area contributed by atoms with E-state index in [2.05, 4.69) is 252 Å². The molecular formula is C62H42N4Pt. The monoisotopic (exact) mass is 1040 g/mol. The second-order valence-corrected chi connectivity index (χ2v) is 17.4. The number of nitrogens with zero attached hydrogens (tertiary/aromatic N) is 4. The first kappa shape index (κ1) is 40.7. The predicted octanol–water partition coefficient (Wildman–Crippen LogP) is 14.7. The third kappa shape index (κ3) is 6.28. The van der Waals surface area contributed by atoms with Crippen molar-refractivity contribution in [3.63, 3.8) is 0 Å². The number of hydrogen-bond donors (Lipinski definition) is 0. The van der Waals surface area contributed by atoms with Crippen molar-refractivity contribution in [2.75, 3.05) is 23.5 Å². The van der Waals surface area contributed by atoms with Crippen LogP contribution in [0.15, 0.2) is 225 Å². The van der Waals surface area contributed by atoms with Gasteiger partial charge in [0.15, 0.2) is 0 Å². The summed E-state index contributed by atoms with van der Waals surface area (Å²) in [6, 6.07) is 87.1. The van der Waals surface area contributed by atoms with Crippen LogP contribution in [0.5, 0.6) is 0 Å². The van der Waals surface area contributed by atoms with Gasteiger partial charge >= 0.3 is 21.1 Å². The van der Waals surface area contributed by atoms with Gasteiger partial charge in [-0.25, -0.2) is 4.98 Å². The summed E-state index contributed by atoms with van der Waals surface area (Å²) < 4.78 is 2.32. The van der Waals surface area contributed by atoms with Crippen LogP contribution in [0.2, 0.25) is 0 Å². The van der Waals surface area contributed by atoms with Crippen molar-refractivity contribution in [2.45, 2.75) is 5.41 Å². The molecule has 67 heavy (non-hydrogen) atoms. The largest absolute Gasteiger partial charge is 2.00 e. The first-order valence-electron chi connectivity index (χ1n) is 22.6. The molecule has 0 radical (unpaired) electrons. The molecule has 0 unspecified atom stereocenters. The summed E-state index contributed by atoms with van der Waals surface area (Å²) in [6.07, 6.45) is 1.96.